The molecule has 0 saturated carbocycles. The highest BCUT2D eigenvalue weighted by molar-refractivity contribution is 7.47. The van der Waals surface area contributed by atoms with E-state index in [1.807, 2.05) is 0 Å². The molecule has 546 valence electrons. The third kappa shape index (κ3) is 65.4. The molecule has 0 radical (unpaired) electrons. The summed E-state index contributed by atoms with van der Waals surface area (Å²) in [4.78, 5) is 72.5. The Labute approximate surface area is 562 Å². The summed E-state index contributed by atoms with van der Waals surface area (Å²) in [6, 6.07) is 0. The first-order valence-electron chi connectivity index (χ1n) is 37.7. The fourth-order valence-electron chi connectivity index (χ4n) is 11.0. The molecule has 0 aliphatic heterocycles. The van der Waals surface area contributed by atoms with E-state index in [-0.39, 0.29) is 25.7 Å². The largest absolute Gasteiger partial charge is 0.472 e. The fourth-order valence-corrected chi connectivity index (χ4v) is 12.6. The molecular weight excluding hydrogens is 1210 g/mol. The van der Waals surface area contributed by atoms with Crippen LogP contribution in [-0.4, -0.2) is 96.7 Å². The Morgan fingerprint density at radius 3 is 0.772 bits per heavy atom. The van der Waals surface area contributed by atoms with Gasteiger partial charge in [0.2, 0.25) is 0 Å². The zero-order valence-corrected chi connectivity index (χ0v) is 62.0. The highest BCUT2D eigenvalue weighted by atomic mass is 31.2. The standard InChI is InChI=1S/C73H142O17P2/c1-9-66(8)52-44-36-27-20-18-16-14-12-10-11-13-15-17-19-21-28-39-47-55-72(77)89-68(59-83-70(75)53-45-37-30-24-26-34-42-50-64(4)5)61-87-91(79,80)85-57-67(74)58-86-92(81,82)88-62-69(60-84-71(76)54-46-38-32-31-35-43-51-65(6)7)90-73(78)56-48-40-29-23-22-25-33-41-49-63(2)3/h63-69,74H,9-62H2,1-8H3,(H,79,80)(H,81,82)/t66?,67?,68-,69-/m1/s1. The zero-order chi connectivity index (χ0) is 68.2. The van der Waals surface area contributed by atoms with Gasteiger partial charge in [-0.25, -0.2) is 9.13 Å². The van der Waals surface area contributed by atoms with Crippen molar-refractivity contribution in [1.29, 1.82) is 0 Å². The van der Waals surface area contributed by atoms with Gasteiger partial charge in [0.05, 0.1) is 26.4 Å². The van der Waals surface area contributed by atoms with Crippen molar-refractivity contribution in [2.75, 3.05) is 39.6 Å². The summed E-state index contributed by atoms with van der Waals surface area (Å²) in [7, 11) is -9.90. The quantitative estimate of drug-likeness (QED) is 0.0222. The summed E-state index contributed by atoms with van der Waals surface area (Å²) >= 11 is 0. The molecular formula is C73H142O17P2. The molecule has 0 aromatic heterocycles. The van der Waals surface area contributed by atoms with Crippen LogP contribution in [0.5, 0.6) is 0 Å². The van der Waals surface area contributed by atoms with Crippen molar-refractivity contribution in [2.45, 2.75) is 382 Å². The van der Waals surface area contributed by atoms with Gasteiger partial charge in [-0.3, -0.25) is 37.3 Å². The molecule has 3 N–H and O–H groups in total. The molecule has 0 aliphatic carbocycles. The first kappa shape index (κ1) is 90.1. The molecule has 0 heterocycles. The van der Waals surface area contributed by atoms with Crippen LogP contribution in [0.4, 0.5) is 0 Å². The van der Waals surface area contributed by atoms with E-state index in [0.29, 0.717) is 37.5 Å². The van der Waals surface area contributed by atoms with E-state index in [2.05, 4.69) is 55.4 Å². The maximum atomic E-state index is 13.0. The molecule has 0 amide bonds. The second kappa shape index (κ2) is 62.6. The minimum atomic E-state index is -4.95. The van der Waals surface area contributed by atoms with Crippen LogP contribution in [0.2, 0.25) is 0 Å². The summed E-state index contributed by atoms with van der Waals surface area (Å²) < 4.78 is 68.3. The Hall–Kier alpha value is -1.94. The van der Waals surface area contributed by atoms with Crippen LogP contribution < -0.4 is 0 Å². The van der Waals surface area contributed by atoms with Crippen LogP contribution in [0.15, 0.2) is 0 Å². The van der Waals surface area contributed by atoms with Crippen molar-refractivity contribution in [3.63, 3.8) is 0 Å². The van der Waals surface area contributed by atoms with Gasteiger partial charge < -0.3 is 33.8 Å². The number of hydrogen-bond acceptors (Lipinski definition) is 15. The van der Waals surface area contributed by atoms with E-state index in [1.54, 1.807) is 0 Å². The monoisotopic (exact) mass is 1350 g/mol. The van der Waals surface area contributed by atoms with Gasteiger partial charge in [-0.15, -0.1) is 0 Å². The number of aliphatic hydroxyl groups is 1. The smallest absolute Gasteiger partial charge is 0.462 e. The van der Waals surface area contributed by atoms with E-state index in [1.165, 1.54) is 154 Å². The van der Waals surface area contributed by atoms with Crippen LogP contribution >= 0.6 is 15.6 Å². The zero-order valence-electron chi connectivity index (χ0n) is 60.2. The maximum Gasteiger partial charge on any atom is 0.472 e. The van der Waals surface area contributed by atoms with E-state index in [9.17, 15) is 43.2 Å². The van der Waals surface area contributed by atoms with Crippen LogP contribution in [0, 0.1) is 23.7 Å². The number of carbonyl (C=O) groups excluding carboxylic acids is 4. The molecule has 0 rings (SSSR count). The van der Waals surface area contributed by atoms with Crippen molar-refractivity contribution in [1.82, 2.24) is 0 Å². The first-order chi connectivity index (χ1) is 44.1. The Balaban J connectivity index is 5.14. The number of phosphoric acid groups is 2. The van der Waals surface area contributed by atoms with E-state index in [0.717, 1.165) is 115 Å². The Kier molecular flexibility index (Phi) is 61.3. The van der Waals surface area contributed by atoms with Gasteiger partial charge in [-0.1, -0.05) is 312 Å². The van der Waals surface area contributed by atoms with E-state index in [4.69, 9.17) is 37.0 Å². The van der Waals surface area contributed by atoms with Gasteiger partial charge >= 0.3 is 39.5 Å². The third-order valence-corrected chi connectivity index (χ3v) is 19.1. The topological polar surface area (TPSA) is 237 Å². The minimum Gasteiger partial charge on any atom is -0.462 e. The predicted molar refractivity (Wildman–Crippen MR) is 372 cm³/mol. The molecule has 0 saturated heterocycles. The van der Waals surface area contributed by atoms with Crippen molar-refractivity contribution in [2.24, 2.45) is 23.7 Å². The summed E-state index contributed by atoms with van der Waals surface area (Å²) in [5, 5.41) is 10.6. The number of phosphoric ester groups is 2. The number of hydrogen-bond donors (Lipinski definition) is 3. The third-order valence-electron chi connectivity index (χ3n) is 17.2. The summed E-state index contributed by atoms with van der Waals surface area (Å²) in [6.07, 6.45) is 46.3. The Morgan fingerprint density at radius 2 is 0.522 bits per heavy atom. The average molecular weight is 1350 g/mol. The predicted octanol–water partition coefficient (Wildman–Crippen LogP) is 20.9. The summed E-state index contributed by atoms with van der Waals surface area (Å²) in [5.41, 5.74) is 0. The number of aliphatic hydroxyl groups excluding tert-OH is 1. The normalized spacial score (nSPS) is 14.5. The Bertz CT molecular complexity index is 1820. The molecule has 0 bridgehead atoms. The van der Waals surface area contributed by atoms with Gasteiger partial charge in [0.1, 0.15) is 19.3 Å². The first-order valence-corrected chi connectivity index (χ1v) is 40.7. The van der Waals surface area contributed by atoms with Crippen molar-refractivity contribution >= 4 is 39.5 Å². The molecule has 0 aromatic rings. The van der Waals surface area contributed by atoms with Gasteiger partial charge in [-0.05, 0) is 49.4 Å². The number of esters is 4. The van der Waals surface area contributed by atoms with Gasteiger partial charge in [0.15, 0.2) is 12.2 Å². The van der Waals surface area contributed by atoms with Gasteiger partial charge in [0.25, 0.3) is 0 Å². The lowest BCUT2D eigenvalue weighted by molar-refractivity contribution is -0.161. The van der Waals surface area contributed by atoms with Crippen molar-refractivity contribution in [3.05, 3.63) is 0 Å². The molecule has 0 spiro atoms. The number of rotatable bonds is 70. The number of unbranched alkanes of at least 4 members (excludes halogenated alkanes) is 35. The van der Waals surface area contributed by atoms with Crippen LogP contribution in [0.25, 0.3) is 0 Å². The molecule has 4 unspecified atom stereocenters. The van der Waals surface area contributed by atoms with Crippen molar-refractivity contribution < 1.29 is 80.2 Å². The van der Waals surface area contributed by atoms with E-state index < -0.39 is 97.5 Å². The SMILES string of the molecule is CCC(C)CCCCCCCCCCCCCCCCCCCCC(=O)O[C@H](COC(=O)CCCCCCCCCC(C)C)COP(=O)(O)OCC(O)COP(=O)(O)OC[C@@H](COC(=O)CCCCCCCCC(C)C)OC(=O)CCCCCCCCCCC(C)C. The molecule has 0 fully saturated rings. The van der Waals surface area contributed by atoms with Crippen LogP contribution in [0.3, 0.4) is 0 Å². The number of carbonyl (C=O) groups is 4. The molecule has 0 aliphatic rings. The molecule has 6 atom stereocenters. The Morgan fingerprint density at radius 1 is 0.304 bits per heavy atom. The summed E-state index contributed by atoms with van der Waals surface area (Å²) in [5.74, 6) is 0.842. The van der Waals surface area contributed by atoms with Gasteiger partial charge in [0, 0.05) is 25.7 Å². The van der Waals surface area contributed by atoms with E-state index >= 15 is 0 Å². The molecule has 92 heavy (non-hydrogen) atoms. The number of ether oxygens (including phenoxy) is 4. The van der Waals surface area contributed by atoms with Gasteiger partial charge in [-0.2, -0.15) is 0 Å². The van der Waals surface area contributed by atoms with Crippen LogP contribution in [-0.2, 0) is 65.4 Å². The molecule has 0 aromatic carbocycles. The molecule has 17 nitrogen and oxygen atoms in total. The second-order valence-corrected chi connectivity index (χ2v) is 30.9. The van der Waals surface area contributed by atoms with Crippen LogP contribution in [0.1, 0.15) is 364 Å². The maximum absolute atomic E-state index is 13.0. The second-order valence-electron chi connectivity index (χ2n) is 28.0. The highest BCUT2D eigenvalue weighted by Gasteiger charge is 2.30. The fraction of sp³-hybridized carbons (Fsp3) is 0.945. The lowest BCUT2D eigenvalue weighted by Gasteiger charge is -2.21. The highest BCUT2D eigenvalue weighted by Crippen LogP contribution is 2.45. The minimum absolute atomic E-state index is 0.103. The van der Waals surface area contributed by atoms with Crippen molar-refractivity contribution in [3.8, 4) is 0 Å². The lowest BCUT2D eigenvalue weighted by atomic mass is 9.99. The summed E-state index contributed by atoms with van der Waals surface area (Å²) in [6.45, 7) is 14.1. The molecule has 19 heteroatoms. The average Bonchev–Trinajstić information content (AvgIpc) is 2.90. The lowest BCUT2D eigenvalue weighted by Crippen LogP contribution is -2.30.